The highest BCUT2D eigenvalue weighted by atomic mass is 16.3. The Hall–Kier alpha value is -0.610. The van der Waals surface area contributed by atoms with Crippen molar-refractivity contribution in [2.24, 2.45) is 17.6 Å². The maximum absolute atomic E-state index is 12.0. The molecule has 1 aliphatic carbocycles. The number of aliphatic hydroxyl groups excluding tert-OH is 1. The first-order valence-corrected chi connectivity index (χ1v) is 7.21. The third-order valence-corrected chi connectivity index (χ3v) is 3.97. The van der Waals surface area contributed by atoms with Gasteiger partial charge in [0.2, 0.25) is 5.91 Å². The molecule has 1 aliphatic rings. The normalized spacial score (nSPS) is 26.9. The third kappa shape index (κ3) is 4.94. The molecule has 1 amide bonds. The minimum absolute atomic E-state index is 0.0451. The summed E-state index contributed by atoms with van der Waals surface area (Å²) in [4.78, 5) is 12.0. The summed E-state index contributed by atoms with van der Waals surface area (Å²) in [6, 6.07) is 0.396. The van der Waals surface area contributed by atoms with Gasteiger partial charge in [-0.05, 0) is 32.6 Å². The Morgan fingerprint density at radius 2 is 2.11 bits per heavy atom. The molecule has 0 aliphatic heterocycles. The molecule has 4 heteroatoms. The van der Waals surface area contributed by atoms with Crippen molar-refractivity contribution in [2.75, 3.05) is 6.61 Å². The van der Waals surface area contributed by atoms with Gasteiger partial charge < -0.3 is 16.2 Å². The summed E-state index contributed by atoms with van der Waals surface area (Å²) >= 11 is 0. The fourth-order valence-electron chi connectivity index (χ4n) is 2.65. The summed E-state index contributed by atoms with van der Waals surface area (Å²) in [7, 11) is 0. The Kier molecular flexibility index (Phi) is 6.65. The summed E-state index contributed by atoms with van der Waals surface area (Å²) in [5, 5.41) is 12.3. The highest BCUT2D eigenvalue weighted by molar-refractivity contribution is 5.78. The average Bonchev–Trinajstić information content (AvgIpc) is 2.75. The number of carbonyl (C=O) groups excluding carboxylic acids is 1. The molecule has 0 aromatic carbocycles. The zero-order chi connectivity index (χ0) is 13.5. The molecule has 0 saturated heterocycles. The molecule has 0 aromatic heterocycles. The second kappa shape index (κ2) is 7.74. The number of rotatable bonds is 7. The van der Waals surface area contributed by atoms with Crippen molar-refractivity contribution < 1.29 is 9.90 Å². The topological polar surface area (TPSA) is 75.4 Å². The molecular weight excluding hydrogens is 228 g/mol. The van der Waals surface area contributed by atoms with Crippen LogP contribution in [0.25, 0.3) is 0 Å². The predicted molar refractivity (Wildman–Crippen MR) is 73.0 cm³/mol. The second-order valence-corrected chi connectivity index (χ2v) is 5.80. The lowest BCUT2D eigenvalue weighted by Gasteiger charge is -2.21. The Morgan fingerprint density at radius 1 is 1.39 bits per heavy atom. The summed E-state index contributed by atoms with van der Waals surface area (Å²) < 4.78 is 0. The molecule has 106 valence electrons. The van der Waals surface area contributed by atoms with Crippen LogP contribution in [0.4, 0.5) is 0 Å². The van der Waals surface area contributed by atoms with E-state index in [1.807, 2.05) is 13.8 Å². The van der Waals surface area contributed by atoms with Crippen LogP contribution in [-0.4, -0.2) is 29.7 Å². The molecule has 0 radical (unpaired) electrons. The molecule has 18 heavy (non-hydrogen) atoms. The number of aliphatic hydroxyl groups is 1. The van der Waals surface area contributed by atoms with Gasteiger partial charge in [-0.1, -0.05) is 19.8 Å². The predicted octanol–water partition coefficient (Wildman–Crippen LogP) is 1.42. The molecule has 1 saturated carbocycles. The van der Waals surface area contributed by atoms with Crippen LogP contribution in [0.3, 0.4) is 0 Å². The highest BCUT2D eigenvalue weighted by Crippen LogP contribution is 2.25. The molecule has 1 fully saturated rings. The standard InChI is InChI=1S/C14H28N2O2/c1-10(5-3-6-11(2)15)14(18)16-13-8-4-7-12(13)9-17/h10-13,17H,3-9,15H2,1-2H3,(H,16,18). The van der Waals surface area contributed by atoms with Crippen molar-refractivity contribution in [1.29, 1.82) is 0 Å². The van der Waals surface area contributed by atoms with E-state index < -0.39 is 0 Å². The molecule has 4 N–H and O–H groups in total. The van der Waals surface area contributed by atoms with Gasteiger partial charge in [0.15, 0.2) is 0 Å². The first-order valence-electron chi connectivity index (χ1n) is 7.21. The van der Waals surface area contributed by atoms with Crippen molar-refractivity contribution in [3.8, 4) is 0 Å². The van der Waals surface area contributed by atoms with Crippen LogP contribution >= 0.6 is 0 Å². The van der Waals surface area contributed by atoms with Crippen molar-refractivity contribution in [1.82, 2.24) is 5.32 Å². The largest absolute Gasteiger partial charge is 0.396 e. The Morgan fingerprint density at radius 3 is 2.72 bits per heavy atom. The molecular formula is C14H28N2O2. The van der Waals surface area contributed by atoms with Crippen LogP contribution in [0.15, 0.2) is 0 Å². The number of hydrogen-bond donors (Lipinski definition) is 3. The van der Waals surface area contributed by atoms with Gasteiger partial charge in [0, 0.05) is 30.5 Å². The average molecular weight is 256 g/mol. The van der Waals surface area contributed by atoms with Crippen molar-refractivity contribution in [3.63, 3.8) is 0 Å². The van der Waals surface area contributed by atoms with Gasteiger partial charge in [0.1, 0.15) is 0 Å². The van der Waals surface area contributed by atoms with E-state index in [0.29, 0.717) is 0 Å². The van der Waals surface area contributed by atoms with Crippen LogP contribution < -0.4 is 11.1 Å². The third-order valence-electron chi connectivity index (χ3n) is 3.97. The van der Waals surface area contributed by atoms with Crippen LogP contribution in [0, 0.1) is 11.8 Å². The van der Waals surface area contributed by atoms with Gasteiger partial charge >= 0.3 is 0 Å². The minimum Gasteiger partial charge on any atom is -0.396 e. The summed E-state index contributed by atoms with van der Waals surface area (Å²) in [5.41, 5.74) is 5.69. The lowest BCUT2D eigenvalue weighted by molar-refractivity contribution is -0.125. The molecule has 4 atom stereocenters. The van der Waals surface area contributed by atoms with Crippen LogP contribution in [-0.2, 0) is 4.79 Å². The monoisotopic (exact) mass is 256 g/mol. The quantitative estimate of drug-likeness (QED) is 0.645. The van der Waals surface area contributed by atoms with Gasteiger partial charge in [-0.25, -0.2) is 0 Å². The number of nitrogens with two attached hydrogens (primary N) is 1. The lowest BCUT2D eigenvalue weighted by atomic mass is 9.99. The van der Waals surface area contributed by atoms with Crippen LogP contribution in [0.2, 0.25) is 0 Å². The van der Waals surface area contributed by atoms with E-state index in [1.54, 1.807) is 0 Å². The fraction of sp³-hybridized carbons (Fsp3) is 0.929. The highest BCUT2D eigenvalue weighted by Gasteiger charge is 2.28. The number of hydrogen-bond acceptors (Lipinski definition) is 3. The molecule has 0 spiro atoms. The lowest BCUT2D eigenvalue weighted by Crippen LogP contribution is -2.41. The Labute approximate surface area is 110 Å². The Bertz CT molecular complexity index is 256. The number of amides is 1. The maximum atomic E-state index is 12.0. The smallest absolute Gasteiger partial charge is 0.223 e. The van der Waals surface area contributed by atoms with E-state index in [9.17, 15) is 9.90 Å². The zero-order valence-electron chi connectivity index (χ0n) is 11.7. The van der Waals surface area contributed by atoms with E-state index in [1.165, 1.54) is 0 Å². The first-order chi connectivity index (χ1) is 8.54. The second-order valence-electron chi connectivity index (χ2n) is 5.80. The van der Waals surface area contributed by atoms with E-state index in [4.69, 9.17) is 5.73 Å². The fourth-order valence-corrected chi connectivity index (χ4v) is 2.65. The van der Waals surface area contributed by atoms with Gasteiger partial charge in [-0.2, -0.15) is 0 Å². The molecule has 0 heterocycles. The van der Waals surface area contributed by atoms with E-state index in [2.05, 4.69) is 5.32 Å². The molecule has 0 aromatic rings. The Balaban J connectivity index is 2.26. The SMILES string of the molecule is CC(N)CCCC(C)C(=O)NC1CCCC1CO. The van der Waals surface area contributed by atoms with Crippen LogP contribution in [0.1, 0.15) is 52.4 Å². The van der Waals surface area contributed by atoms with Crippen molar-refractivity contribution in [2.45, 2.75) is 64.5 Å². The number of nitrogens with one attached hydrogen (secondary N) is 1. The van der Waals surface area contributed by atoms with E-state index in [-0.39, 0.29) is 36.4 Å². The van der Waals surface area contributed by atoms with E-state index in [0.717, 1.165) is 38.5 Å². The first kappa shape index (κ1) is 15.4. The minimum atomic E-state index is 0.0451. The summed E-state index contributed by atoms with van der Waals surface area (Å²) in [5.74, 6) is 0.430. The van der Waals surface area contributed by atoms with Crippen molar-refractivity contribution >= 4 is 5.91 Å². The molecule has 4 nitrogen and oxygen atoms in total. The summed E-state index contributed by atoms with van der Waals surface area (Å²) in [6.07, 6.45) is 6.00. The van der Waals surface area contributed by atoms with Gasteiger partial charge in [-0.3, -0.25) is 4.79 Å². The van der Waals surface area contributed by atoms with Gasteiger partial charge in [0.25, 0.3) is 0 Å². The molecule has 4 unspecified atom stereocenters. The van der Waals surface area contributed by atoms with E-state index >= 15 is 0 Å². The van der Waals surface area contributed by atoms with Gasteiger partial charge in [-0.15, -0.1) is 0 Å². The molecule has 1 rings (SSSR count). The molecule has 0 bridgehead atoms. The summed E-state index contributed by atoms with van der Waals surface area (Å²) in [6.45, 7) is 4.15. The maximum Gasteiger partial charge on any atom is 0.223 e. The zero-order valence-corrected chi connectivity index (χ0v) is 11.7. The number of carbonyl (C=O) groups is 1. The van der Waals surface area contributed by atoms with Crippen LogP contribution in [0.5, 0.6) is 0 Å². The van der Waals surface area contributed by atoms with Gasteiger partial charge in [0.05, 0.1) is 0 Å². The van der Waals surface area contributed by atoms with Crippen molar-refractivity contribution in [3.05, 3.63) is 0 Å².